The van der Waals surface area contributed by atoms with E-state index in [1.54, 1.807) is 18.2 Å². The van der Waals surface area contributed by atoms with E-state index >= 15 is 0 Å². The highest BCUT2D eigenvalue weighted by molar-refractivity contribution is 5.99. The minimum absolute atomic E-state index is 0.143. The predicted octanol–water partition coefficient (Wildman–Crippen LogP) is 2.63. The van der Waals surface area contributed by atoms with Crippen molar-refractivity contribution in [2.45, 2.75) is 32.6 Å². The van der Waals surface area contributed by atoms with E-state index in [-0.39, 0.29) is 5.78 Å². The van der Waals surface area contributed by atoms with Crippen molar-refractivity contribution in [3.63, 3.8) is 0 Å². The van der Waals surface area contributed by atoms with Crippen LogP contribution in [0.1, 0.15) is 32.6 Å². The molecule has 0 aromatic carbocycles. The molecule has 0 spiro atoms. The number of allylic oxidation sites excluding steroid dienone is 4. The van der Waals surface area contributed by atoms with Gasteiger partial charge in [-0.3, -0.25) is 4.79 Å². The summed E-state index contributed by atoms with van der Waals surface area (Å²) >= 11 is 0. The molecule has 1 fully saturated rings. The summed E-state index contributed by atoms with van der Waals surface area (Å²) in [7, 11) is 0. The summed E-state index contributed by atoms with van der Waals surface area (Å²) in [6.07, 6.45) is 9.96. The molecule has 0 aromatic rings. The molecule has 0 heterocycles. The Bertz CT molecular complexity index is 191. The molecule has 0 atom stereocenters. The molecule has 0 amide bonds. The van der Waals surface area contributed by atoms with Gasteiger partial charge in [0.1, 0.15) is 0 Å². The van der Waals surface area contributed by atoms with Gasteiger partial charge in [0.25, 0.3) is 0 Å². The molecule has 0 bridgehead atoms. The zero-order chi connectivity index (χ0) is 8.10. The second kappa shape index (κ2) is 4.12. The fraction of sp³-hybridized carbons (Fsp3) is 0.500. The molecule has 0 N–H and O–H groups in total. The molecule has 1 heteroatoms. The molecule has 1 rings (SSSR count). The summed E-state index contributed by atoms with van der Waals surface area (Å²) < 4.78 is 0. The van der Waals surface area contributed by atoms with E-state index in [1.165, 1.54) is 18.4 Å². The summed E-state index contributed by atoms with van der Waals surface area (Å²) in [5.41, 5.74) is 1.33. The molecular formula is C10H14O. The Labute approximate surface area is 67.8 Å². The fourth-order valence-electron chi connectivity index (χ4n) is 1.39. The van der Waals surface area contributed by atoms with Crippen molar-refractivity contribution in [1.29, 1.82) is 0 Å². The minimum atomic E-state index is 0.143. The Kier molecular flexibility index (Phi) is 3.09. The van der Waals surface area contributed by atoms with Crippen LogP contribution in [0.3, 0.4) is 0 Å². The van der Waals surface area contributed by atoms with Gasteiger partial charge in [-0.1, -0.05) is 11.6 Å². The lowest BCUT2D eigenvalue weighted by molar-refractivity contribution is -0.110. The van der Waals surface area contributed by atoms with Crippen LogP contribution in [-0.2, 0) is 4.79 Å². The van der Waals surface area contributed by atoms with Gasteiger partial charge in [-0.25, -0.2) is 0 Å². The molecule has 0 aromatic heterocycles. The maximum absolute atomic E-state index is 11.0. The Hall–Kier alpha value is -0.850. The number of hydrogen-bond acceptors (Lipinski definition) is 1. The average molecular weight is 150 g/mol. The molecule has 1 aliphatic carbocycles. The van der Waals surface area contributed by atoms with Gasteiger partial charge in [-0.15, -0.1) is 0 Å². The van der Waals surface area contributed by atoms with Crippen LogP contribution in [0.25, 0.3) is 0 Å². The molecule has 0 radical (unpaired) electrons. The van der Waals surface area contributed by atoms with E-state index in [0.717, 1.165) is 12.8 Å². The largest absolute Gasteiger partial charge is 0.290 e. The first-order chi connectivity index (χ1) is 5.33. The van der Waals surface area contributed by atoms with Crippen LogP contribution in [-0.4, -0.2) is 5.78 Å². The molecule has 1 nitrogen and oxygen atoms in total. The smallest absolute Gasteiger partial charge is 0.178 e. The van der Waals surface area contributed by atoms with Crippen molar-refractivity contribution in [2.24, 2.45) is 0 Å². The van der Waals surface area contributed by atoms with Crippen LogP contribution < -0.4 is 0 Å². The van der Waals surface area contributed by atoms with E-state index in [9.17, 15) is 4.79 Å². The van der Waals surface area contributed by atoms with Crippen molar-refractivity contribution in [3.05, 3.63) is 23.8 Å². The predicted molar refractivity (Wildman–Crippen MR) is 46.4 cm³/mol. The van der Waals surface area contributed by atoms with E-state index in [2.05, 4.69) is 0 Å². The van der Waals surface area contributed by atoms with Crippen LogP contribution in [0.5, 0.6) is 0 Å². The normalized spacial score (nSPS) is 17.7. The van der Waals surface area contributed by atoms with E-state index < -0.39 is 0 Å². The van der Waals surface area contributed by atoms with Crippen LogP contribution in [0.15, 0.2) is 23.8 Å². The van der Waals surface area contributed by atoms with Gasteiger partial charge in [0, 0.05) is 0 Å². The number of rotatable bonds is 2. The van der Waals surface area contributed by atoms with Gasteiger partial charge in [0.15, 0.2) is 5.78 Å². The average Bonchev–Trinajstić information content (AvgIpc) is 2.40. The molecule has 1 aliphatic rings. The first kappa shape index (κ1) is 8.25. The highest BCUT2D eigenvalue weighted by Gasteiger charge is 2.06. The van der Waals surface area contributed by atoms with Gasteiger partial charge < -0.3 is 0 Å². The second-order valence-electron chi connectivity index (χ2n) is 2.91. The quantitative estimate of drug-likeness (QED) is 0.553. The van der Waals surface area contributed by atoms with Gasteiger partial charge in [0.2, 0.25) is 0 Å². The van der Waals surface area contributed by atoms with Gasteiger partial charge >= 0.3 is 0 Å². The Morgan fingerprint density at radius 2 is 2.00 bits per heavy atom. The number of hydrogen-bond donors (Lipinski definition) is 0. The van der Waals surface area contributed by atoms with Crippen molar-refractivity contribution >= 4 is 5.78 Å². The highest BCUT2D eigenvalue weighted by Crippen LogP contribution is 2.23. The van der Waals surface area contributed by atoms with Crippen molar-refractivity contribution in [3.8, 4) is 0 Å². The topological polar surface area (TPSA) is 17.1 Å². The van der Waals surface area contributed by atoms with E-state index in [1.807, 2.05) is 6.92 Å². The second-order valence-corrected chi connectivity index (χ2v) is 2.91. The van der Waals surface area contributed by atoms with Crippen LogP contribution in [0.4, 0.5) is 0 Å². The third-order valence-electron chi connectivity index (χ3n) is 1.92. The van der Waals surface area contributed by atoms with Gasteiger partial charge in [0.05, 0.1) is 0 Å². The number of carbonyl (C=O) groups excluding carboxylic acids is 1. The number of carbonyl (C=O) groups is 1. The van der Waals surface area contributed by atoms with Crippen molar-refractivity contribution < 1.29 is 4.79 Å². The van der Waals surface area contributed by atoms with Crippen molar-refractivity contribution in [1.82, 2.24) is 0 Å². The lowest BCUT2D eigenvalue weighted by Gasteiger charge is -1.90. The molecule has 60 valence electrons. The lowest BCUT2D eigenvalue weighted by atomic mass is 10.2. The number of ketones is 1. The van der Waals surface area contributed by atoms with Crippen LogP contribution >= 0.6 is 0 Å². The molecule has 0 unspecified atom stereocenters. The first-order valence-corrected chi connectivity index (χ1v) is 4.19. The third kappa shape index (κ3) is 2.71. The lowest BCUT2D eigenvalue weighted by Crippen LogP contribution is -1.86. The van der Waals surface area contributed by atoms with Gasteiger partial charge in [-0.05, 0) is 44.8 Å². The molecule has 1 saturated carbocycles. The Balaban J connectivity index is 2.49. The van der Waals surface area contributed by atoms with Crippen LogP contribution in [0.2, 0.25) is 0 Å². The SMILES string of the molecule is C/C=C/C(=O)C=C1CCCC1. The highest BCUT2D eigenvalue weighted by atomic mass is 16.1. The zero-order valence-corrected chi connectivity index (χ0v) is 6.97. The van der Waals surface area contributed by atoms with E-state index in [4.69, 9.17) is 0 Å². The Morgan fingerprint density at radius 1 is 1.36 bits per heavy atom. The molecule has 0 saturated heterocycles. The summed E-state index contributed by atoms with van der Waals surface area (Å²) in [4.78, 5) is 11.0. The summed E-state index contributed by atoms with van der Waals surface area (Å²) in [6, 6.07) is 0. The van der Waals surface area contributed by atoms with E-state index in [0.29, 0.717) is 0 Å². The summed E-state index contributed by atoms with van der Waals surface area (Å²) in [6.45, 7) is 1.87. The van der Waals surface area contributed by atoms with Crippen molar-refractivity contribution in [2.75, 3.05) is 0 Å². The monoisotopic (exact) mass is 150 g/mol. The Morgan fingerprint density at radius 3 is 2.55 bits per heavy atom. The fourth-order valence-corrected chi connectivity index (χ4v) is 1.39. The van der Waals surface area contributed by atoms with Crippen LogP contribution in [0, 0.1) is 0 Å². The van der Waals surface area contributed by atoms with Gasteiger partial charge in [-0.2, -0.15) is 0 Å². The molecule has 11 heavy (non-hydrogen) atoms. The minimum Gasteiger partial charge on any atom is -0.290 e. The zero-order valence-electron chi connectivity index (χ0n) is 6.97. The summed E-state index contributed by atoms with van der Waals surface area (Å²) in [5.74, 6) is 0.143. The maximum atomic E-state index is 11.0. The third-order valence-corrected chi connectivity index (χ3v) is 1.92. The molecular weight excluding hydrogens is 136 g/mol. The first-order valence-electron chi connectivity index (χ1n) is 4.19. The maximum Gasteiger partial charge on any atom is 0.178 e. The molecule has 0 aliphatic heterocycles. The standard InChI is InChI=1S/C10H14O/c1-2-5-10(11)8-9-6-3-4-7-9/h2,5,8H,3-4,6-7H2,1H3/b5-2+. The summed E-state index contributed by atoms with van der Waals surface area (Å²) in [5, 5.41) is 0.